The van der Waals surface area contributed by atoms with Gasteiger partial charge in [-0.1, -0.05) is 18.2 Å². The molecule has 0 atom stereocenters. The summed E-state index contributed by atoms with van der Waals surface area (Å²) in [6.07, 6.45) is 1.81. The molecule has 2 aromatic rings. The van der Waals surface area contributed by atoms with Gasteiger partial charge in [-0.25, -0.2) is 4.39 Å². The van der Waals surface area contributed by atoms with Gasteiger partial charge >= 0.3 is 0 Å². The molecule has 3 rings (SSSR count). The van der Waals surface area contributed by atoms with E-state index in [0.29, 0.717) is 16.9 Å². The molecule has 23 heavy (non-hydrogen) atoms. The van der Waals surface area contributed by atoms with Crippen LogP contribution in [0.15, 0.2) is 48.5 Å². The van der Waals surface area contributed by atoms with Crippen LogP contribution in [0.5, 0.6) is 0 Å². The van der Waals surface area contributed by atoms with Gasteiger partial charge in [0.15, 0.2) is 0 Å². The number of benzene rings is 2. The smallest absolute Gasteiger partial charge is 0.257 e. The molecule has 1 aliphatic carbocycles. The van der Waals surface area contributed by atoms with E-state index < -0.39 is 5.82 Å². The standard InChI is InChI=1S/C18H17FN2O2/c1-21(18(23)12-9-10-12)16-8-3-2-7-15(16)17(22)20-14-6-4-5-13(19)11-14/h2-8,11-12H,9-10H2,1H3,(H,20,22). The first kappa shape index (κ1) is 15.2. The molecule has 118 valence electrons. The first-order valence-electron chi connectivity index (χ1n) is 7.50. The van der Waals surface area contributed by atoms with E-state index in [1.807, 2.05) is 0 Å². The van der Waals surface area contributed by atoms with E-state index in [9.17, 15) is 14.0 Å². The van der Waals surface area contributed by atoms with Crippen LogP contribution in [-0.4, -0.2) is 18.9 Å². The van der Waals surface area contributed by atoms with Gasteiger partial charge in [-0.05, 0) is 43.2 Å². The third kappa shape index (κ3) is 3.39. The molecule has 0 aromatic heterocycles. The van der Waals surface area contributed by atoms with Gasteiger partial charge in [-0.3, -0.25) is 9.59 Å². The van der Waals surface area contributed by atoms with Crippen molar-refractivity contribution in [3.63, 3.8) is 0 Å². The van der Waals surface area contributed by atoms with Crippen LogP contribution in [0.2, 0.25) is 0 Å². The van der Waals surface area contributed by atoms with Crippen molar-refractivity contribution in [3.8, 4) is 0 Å². The first-order valence-corrected chi connectivity index (χ1v) is 7.50. The normalized spacial score (nSPS) is 13.5. The minimum atomic E-state index is -0.419. The summed E-state index contributed by atoms with van der Waals surface area (Å²) >= 11 is 0. The fourth-order valence-corrected chi connectivity index (χ4v) is 2.45. The van der Waals surface area contributed by atoms with Crippen molar-refractivity contribution in [2.75, 3.05) is 17.3 Å². The molecule has 0 unspecified atom stereocenters. The second-order valence-electron chi connectivity index (χ2n) is 5.65. The van der Waals surface area contributed by atoms with Gasteiger partial charge in [0, 0.05) is 18.7 Å². The molecule has 0 aliphatic heterocycles. The number of halogens is 1. The molecule has 1 saturated carbocycles. The Bertz CT molecular complexity index is 756. The number of rotatable bonds is 4. The lowest BCUT2D eigenvalue weighted by Crippen LogP contribution is -2.29. The van der Waals surface area contributed by atoms with Gasteiger partial charge in [-0.2, -0.15) is 0 Å². The quantitative estimate of drug-likeness (QED) is 0.940. The predicted octanol–water partition coefficient (Wildman–Crippen LogP) is 3.45. The summed E-state index contributed by atoms with van der Waals surface area (Å²) in [7, 11) is 1.68. The Morgan fingerprint density at radius 2 is 1.87 bits per heavy atom. The second kappa shape index (κ2) is 6.20. The highest BCUT2D eigenvalue weighted by Gasteiger charge is 2.33. The van der Waals surface area contributed by atoms with Gasteiger partial charge in [-0.15, -0.1) is 0 Å². The van der Waals surface area contributed by atoms with Gasteiger partial charge < -0.3 is 10.2 Å². The van der Waals surface area contributed by atoms with E-state index in [2.05, 4.69) is 5.32 Å². The third-order valence-electron chi connectivity index (χ3n) is 3.85. The minimum absolute atomic E-state index is 0.0241. The zero-order valence-electron chi connectivity index (χ0n) is 12.8. The van der Waals surface area contributed by atoms with Crippen molar-refractivity contribution in [2.45, 2.75) is 12.8 Å². The van der Waals surface area contributed by atoms with Crippen LogP contribution in [0.4, 0.5) is 15.8 Å². The number of carbonyl (C=O) groups is 2. The summed E-state index contributed by atoms with van der Waals surface area (Å²) in [6.45, 7) is 0. The summed E-state index contributed by atoms with van der Waals surface area (Å²) in [5.41, 5.74) is 1.31. The van der Waals surface area contributed by atoms with Crippen molar-refractivity contribution >= 4 is 23.2 Å². The minimum Gasteiger partial charge on any atom is -0.322 e. The van der Waals surface area contributed by atoms with Crippen LogP contribution in [0, 0.1) is 11.7 Å². The number of carbonyl (C=O) groups excluding carboxylic acids is 2. The molecule has 1 N–H and O–H groups in total. The van der Waals surface area contributed by atoms with E-state index in [0.717, 1.165) is 12.8 Å². The molecule has 0 spiro atoms. The molecule has 1 aliphatic rings. The fourth-order valence-electron chi connectivity index (χ4n) is 2.45. The van der Waals surface area contributed by atoms with Crippen molar-refractivity contribution in [2.24, 2.45) is 5.92 Å². The molecule has 2 amide bonds. The molecule has 0 bridgehead atoms. The highest BCUT2D eigenvalue weighted by atomic mass is 19.1. The summed E-state index contributed by atoms with van der Waals surface area (Å²) < 4.78 is 13.2. The number of anilines is 2. The third-order valence-corrected chi connectivity index (χ3v) is 3.85. The van der Waals surface area contributed by atoms with Gasteiger partial charge in [0.2, 0.25) is 5.91 Å². The topological polar surface area (TPSA) is 49.4 Å². The monoisotopic (exact) mass is 312 g/mol. The van der Waals surface area contributed by atoms with Gasteiger partial charge in [0.1, 0.15) is 5.82 Å². The Kier molecular flexibility index (Phi) is 4.10. The molecule has 5 heteroatoms. The van der Waals surface area contributed by atoms with E-state index >= 15 is 0 Å². The Morgan fingerprint density at radius 3 is 2.57 bits per heavy atom. The summed E-state index contributed by atoms with van der Waals surface area (Å²) in [6, 6.07) is 12.6. The number of hydrogen-bond acceptors (Lipinski definition) is 2. The Hall–Kier alpha value is -2.69. The lowest BCUT2D eigenvalue weighted by molar-refractivity contribution is -0.119. The maximum Gasteiger partial charge on any atom is 0.257 e. The van der Waals surface area contributed by atoms with E-state index in [4.69, 9.17) is 0 Å². The average molecular weight is 312 g/mol. The Labute approximate surface area is 133 Å². The van der Waals surface area contributed by atoms with Crippen LogP contribution < -0.4 is 10.2 Å². The average Bonchev–Trinajstić information content (AvgIpc) is 3.38. The molecule has 1 fully saturated rings. The lowest BCUT2D eigenvalue weighted by Gasteiger charge is -2.20. The second-order valence-corrected chi connectivity index (χ2v) is 5.65. The SMILES string of the molecule is CN(C(=O)C1CC1)c1ccccc1C(=O)Nc1cccc(F)c1. The zero-order chi connectivity index (χ0) is 16.4. The Morgan fingerprint density at radius 1 is 1.13 bits per heavy atom. The number of para-hydroxylation sites is 1. The zero-order valence-corrected chi connectivity index (χ0v) is 12.8. The molecule has 0 saturated heterocycles. The summed E-state index contributed by atoms with van der Waals surface area (Å²) in [4.78, 5) is 26.2. The number of nitrogens with one attached hydrogen (secondary N) is 1. The number of nitrogens with zero attached hydrogens (tertiary/aromatic N) is 1. The van der Waals surface area contributed by atoms with E-state index in [1.165, 1.54) is 23.1 Å². The maximum absolute atomic E-state index is 13.2. The van der Waals surface area contributed by atoms with Crippen LogP contribution in [0.25, 0.3) is 0 Å². The summed E-state index contributed by atoms with van der Waals surface area (Å²) in [5.74, 6) is -0.700. The van der Waals surface area contributed by atoms with Crippen LogP contribution >= 0.6 is 0 Å². The number of amides is 2. The van der Waals surface area contributed by atoms with E-state index in [-0.39, 0.29) is 17.7 Å². The molecule has 4 nitrogen and oxygen atoms in total. The van der Waals surface area contributed by atoms with E-state index in [1.54, 1.807) is 37.4 Å². The van der Waals surface area contributed by atoms with Crippen LogP contribution in [-0.2, 0) is 4.79 Å². The number of hydrogen-bond donors (Lipinski definition) is 1. The van der Waals surface area contributed by atoms with Gasteiger partial charge in [0.25, 0.3) is 5.91 Å². The van der Waals surface area contributed by atoms with Crippen molar-refractivity contribution in [1.82, 2.24) is 0 Å². The molecule has 0 heterocycles. The molecular weight excluding hydrogens is 295 g/mol. The van der Waals surface area contributed by atoms with Crippen LogP contribution in [0.1, 0.15) is 23.2 Å². The molecule has 2 aromatic carbocycles. The van der Waals surface area contributed by atoms with Crippen LogP contribution in [0.3, 0.4) is 0 Å². The fraction of sp³-hybridized carbons (Fsp3) is 0.222. The molecular formula is C18H17FN2O2. The maximum atomic E-state index is 13.2. The van der Waals surface area contributed by atoms with Crippen molar-refractivity contribution in [1.29, 1.82) is 0 Å². The molecule has 0 radical (unpaired) electrons. The predicted molar refractivity (Wildman–Crippen MR) is 86.9 cm³/mol. The highest BCUT2D eigenvalue weighted by Crippen LogP contribution is 2.33. The summed E-state index contributed by atoms with van der Waals surface area (Å²) in [5, 5.41) is 2.66. The lowest BCUT2D eigenvalue weighted by atomic mass is 10.1. The van der Waals surface area contributed by atoms with Crippen molar-refractivity contribution < 1.29 is 14.0 Å². The van der Waals surface area contributed by atoms with Crippen molar-refractivity contribution in [3.05, 3.63) is 59.9 Å². The highest BCUT2D eigenvalue weighted by molar-refractivity contribution is 6.10. The first-order chi connectivity index (χ1) is 11.1. The van der Waals surface area contributed by atoms with Gasteiger partial charge in [0.05, 0.1) is 11.3 Å². The Balaban J connectivity index is 1.84. The largest absolute Gasteiger partial charge is 0.322 e.